The highest BCUT2D eigenvalue weighted by atomic mass is 32.2. The van der Waals surface area contributed by atoms with Crippen LogP contribution in [0.1, 0.15) is 29.2 Å². The number of para-hydroxylation sites is 2. The van der Waals surface area contributed by atoms with Crippen molar-refractivity contribution in [1.29, 1.82) is 0 Å². The van der Waals surface area contributed by atoms with E-state index >= 15 is 0 Å². The Morgan fingerprint density at radius 2 is 1.23 bits per heavy atom. The van der Waals surface area contributed by atoms with Crippen LogP contribution in [0.5, 0.6) is 0 Å². The van der Waals surface area contributed by atoms with Crippen molar-refractivity contribution in [3.05, 3.63) is 93.9 Å². The van der Waals surface area contributed by atoms with Gasteiger partial charge < -0.3 is 4.90 Å². The van der Waals surface area contributed by atoms with Crippen LogP contribution in [0.25, 0.3) is 5.57 Å². The second-order valence-corrected chi connectivity index (χ2v) is 8.07. The Balaban J connectivity index is 1.93. The number of nitrogens with zero attached hydrogens (tertiary/aromatic N) is 1. The summed E-state index contributed by atoms with van der Waals surface area (Å²) in [6, 6.07) is 24.0. The Morgan fingerprint density at radius 3 is 1.77 bits per heavy atom. The van der Waals surface area contributed by atoms with E-state index < -0.39 is 0 Å². The smallest absolute Gasteiger partial charge is 0.0488 e. The maximum absolute atomic E-state index is 2.30. The fraction of sp³-hybridized carbons (Fsp3) is 0.167. The number of hydrogen-bond donors (Lipinski definition) is 0. The molecule has 0 bridgehead atoms. The Hall–Kier alpha value is -2.45. The maximum Gasteiger partial charge on any atom is 0.0488 e. The highest BCUT2D eigenvalue weighted by molar-refractivity contribution is 8.03. The lowest BCUT2D eigenvalue weighted by atomic mass is 9.90. The molecule has 1 aliphatic heterocycles. The van der Waals surface area contributed by atoms with Crippen molar-refractivity contribution in [3.63, 3.8) is 0 Å². The monoisotopic (exact) mass is 357 g/mol. The molecule has 130 valence electrons. The number of anilines is 2. The molecule has 0 atom stereocenters. The highest BCUT2D eigenvalue weighted by Crippen LogP contribution is 2.48. The van der Waals surface area contributed by atoms with Crippen molar-refractivity contribution in [2.75, 3.05) is 11.9 Å². The molecule has 1 aliphatic rings. The molecular weight excluding hydrogens is 334 g/mol. The van der Waals surface area contributed by atoms with Crippen LogP contribution < -0.4 is 4.90 Å². The molecule has 3 aromatic carbocycles. The first-order valence-electron chi connectivity index (χ1n) is 8.95. The molecule has 0 saturated carbocycles. The Morgan fingerprint density at radius 1 is 0.731 bits per heavy atom. The van der Waals surface area contributed by atoms with Gasteiger partial charge in [0.15, 0.2) is 0 Å². The first kappa shape index (κ1) is 17.0. The summed E-state index contributed by atoms with van der Waals surface area (Å²) in [4.78, 5) is 5.01. The zero-order valence-electron chi connectivity index (χ0n) is 15.7. The largest absolute Gasteiger partial charge is 0.344 e. The van der Waals surface area contributed by atoms with Gasteiger partial charge in [-0.3, -0.25) is 0 Å². The van der Waals surface area contributed by atoms with E-state index in [0.717, 1.165) is 0 Å². The topological polar surface area (TPSA) is 3.24 Å². The lowest BCUT2D eigenvalue weighted by Crippen LogP contribution is -2.18. The quantitative estimate of drug-likeness (QED) is 0.456. The van der Waals surface area contributed by atoms with E-state index in [1.807, 2.05) is 11.8 Å². The standard InChI is InChI=1S/C24H23NS/c1-16-10-9-11-17(2)24(16)26-18(3)23-19-12-5-7-14-21(19)25(4)22-15-8-6-13-20(22)23/h5-15H,1-4H3. The molecule has 1 nitrogen and oxygen atoms in total. The molecule has 2 heteroatoms. The molecular formula is C24H23NS. The predicted octanol–water partition coefficient (Wildman–Crippen LogP) is 6.96. The van der Waals surface area contributed by atoms with E-state index in [2.05, 4.69) is 99.4 Å². The molecule has 0 spiro atoms. The molecule has 0 fully saturated rings. The third-order valence-corrected chi connectivity index (χ3v) is 6.44. The van der Waals surface area contributed by atoms with Crippen LogP contribution in [0.15, 0.2) is 76.5 Å². The van der Waals surface area contributed by atoms with E-state index in [9.17, 15) is 0 Å². The molecule has 0 aliphatic carbocycles. The van der Waals surface area contributed by atoms with Crippen molar-refractivity contribution in [3.8, 4) is 0 Å². The third kappa shape index (κ3) is 2.75. The van der Waals surface area contributed by atoms with Crippen molar-refractivity contribution >= 4 is 28.7 Å². The Kier molecular flexibility index (Phi) is 4.37. The van der Waals surface area contributed by atoms with Crippen LogP contribution in [-0.4, -0.2) is 7.05 Å². The molecule has 0 unspecified atom stereocenters. The number of hydrogen-bond acceptors (Lipinski definition) is 2. The Labute approximate surface area is 160 Å². The summed E-state index contributed by atoms with van der Waals surface area (Å²) in [5.41, 5.74) is 9.18. The van der Waals surface area contributed by atoms with Crippen LogP contribution in [-0.2, 0) is 0 Å². The number of benzene rings is 3. The van der Waals surface area contributed by atoms with Crippen molar-refractivity contribution in [1.82, 2.24) is 0 Å². The van der Waals surface area contributed by atoms with Gasteiger partial charge in [-0.25, -0.2) is 0 Å². The van der Waals surface area contributed by atoms with E-state index in [1.54, 1.807) is 0 Å². The molecule has 0 radical (unpaired) electrons. The van der Waals surface area contributed by atoms with Crippen LogP contribution in [0.3, 0.4) is 0 Å². The van der Waals surface area contributed by atoms with E-state index in [1.165, 1.54) is 49.0 Å². The summed E-state index contributed by atoms with van der Waals surface area (Å²) in [5.74, 6) is 0. The van der Waals surface area contributed by atoms with Gasteiger partial charge in [0.05, 0.1) is 0 Å². The summed E-state index contributed by atoms with van der Waals surface area (Å²) in [7, 11) is 2.16. The number of aryl methyl sites for hydroxylation is 2. The number of thioether (sulfide) groups is 1. The first-order valence-corrected chi connectivity index (χ1v) is 9.77. The van der Waals surface area contributed by atoms with E-state index in [0.29, 0.717) is 0 Å². The van der Waals surface area contributed by atoms with Crippen LogP contribution in [0, 0.1) is 13.8 Å². The minimum atomic E-state index is 1.27. The summed E-state index contributed by atoms with van der Waals surface area (Å²) in [6.45, 7) is 6.65. The zero-order chi connectivity index (χ0) is 18.3. The van der Waals surface area contributed by atoms with Gasteiger partial charge in [-0.1, -0.05) is 66.4 Å². The van der Waals surface area contributed by atoms with Crippen LogP contribution >= 0.6 is 11.8 Å². The van der Waals surface area contributed by atoms with Gasteiger partial charge in [0.2, 0.25) is 0 Å². The molecule has 4 rings (SSSR count). The first-order chi connectivity index (χ1) is 12.6. The lowest BCUT2D eigenvalue weighted by molar-refractivity contribution is 1.17. The average molecular weight is 358 g/mol. The molecule has 0 amide bonds. The summed E-state index contributed by atoms with van der Waals surface area (Å²) in [5, 5.41) is 0. The number of fused-ring (bicyclic) bond motifs is 2. The number of allylic oxidation sites excluding steroid dienone is 1. The van der Waals surface area contributed by atoms with Gasteiger partial charge in [-0.05, 0) is 48.9 Å². The van der Waals surface area contributed by atoms with Gasteiger partial charge in [-0.15, -0.1) is 0 Å². The molecule has 3 aromatic rings. The molecule has 26 heavy (non-hydrogen) atoms. The summed E-state index contributed by atoms with van der Waals surface area (Å²) >= 11 is 1.89. The number of rotatable bonds is 2. The van der Waals surface area contributed by atoms with E-state index in [4.69, 9.17) is 0 Å². The van der Waals surface area contributed by atoms with Gasteiger partial charge in [0.1, 0.15) is 0 Å². The summed E-state index contributed by atoms with van der Waals surface area (Å²) in [6.07, 6.45) is 0. The maximum atomic E-state index is 2.30. The normalized spacial score (nSPS) is 12.6. The predicted molar refractivity (Wildman–Crippen MR) is 114 cm³/mol. The third-order valence-electron chi connectivity index (χ3n) is 5.09. The van der Waals surface area contributed by atoms with Crippen molar-refractivity contribution in [2.45, 2.75) is 25.7 Å². The van der Waals surface area contributed by atoms with Gasteiger partial charge in [0.25, 0.3) is 0 Å². The van der Waals surface area contributed by atoms with Gasteiger partial charge >= 0.3 is 0 Å². The Bertz CT molecular complexity index is 946. The fourth-order valence-corrected chi connectivity index (χ4v) is 4.86. The zero-order valence-corrected chi connectivity index (χ0v) is 16.5. The van der Waals surface area contributed by atoms with Crippen molar-refractivity contribution < 1.29 is 0 Å². The lowest BCUT2D eigenvalue weighted by Gasteiger charge is -2.32. The second-order valence-electron chi connectivity index (χ2n) is 6.85. The molecule has 1 heterocycles. The minimum absolute atomic E-state index is 1.27. The molecule has 0 saturated heterocycles. The second kappa shape index (κ2) is 6.69. The highest BCUT2D eigenvalue weighted by Gasteiger charge is 2.25. The molecule has 0 N–H and O–H groups in total. The van der Waals surface area contributed by atoms with Gasteiger partial charge in [-0.2, -0.15) is 0 Å². The molecule has 0 aromatic heterocycles. The van der Waals surface area contributed by atoms with Crippen LogP contribution in [0.4, 0.5) is 11.4 Å². The fourth-order valence-electron chi connectivity index (χ4n) is 3.77. The average Bonchev–Trinajstić information content (AvgIpc) is 2.65. The minimum Gasteiger partial charge on any atom is -0.344 e. The summed E-state index contributed by atoms with van der Waals surface area (Å²) < 4.78 is 0. The van der Waals surface area contributed by atoms with Crippen molar-refractivity contribution in [2.24, 2.45) is 0 Å². The van der Waals surface area contributed by atoms with Crippen LogP contribution in [0.2, 0.25) is 0 Å². The van der Waals surface area contributed by atoms with E-state index in [-0.39, 0.29) is 0 Å². The SMILES string of the molecule is CC(Sc1c(C)cccc1C)=C1c2ccccc2N(C)c2ccccc21. The van der Waals surface area contributed by atoms with Gasteiger partial charge in [0, 0.05) is 40.0 Å².